The standard InChI is InChI=1S/C19H17NO3S/c1-23-17-7-2-3-8-18(17)24(21,22)20-16-12-11-14-10-9-13-5-4-6-15(16)19(13)14/h2-8,11-12,20H,9-10H2,1H3. The van der Waals surface area contributed by atoms with Gasteiger partial charge in [0.15, 0.2) is 0 Å². The Morgan fingerprint density at radius 1 is 0.917 bits per heavy atom. The third-order valence-electron chi connectivity index (χ3n) is 4.48. The first-order valence-electron chi connectivity index (χ1n) is 7.79. The van der Waals surface area contributed by atoms with E-state index in [-0.39, 0.29) is 4.90 Å². The fourth-order valence-corrected chi connectivity index (χ4v) is 4.63. The molecule has 3 aromatic carbocycles. The van der Waals surface area contributed by atoms with E-state index in [4.69, 9.17) is 4.74 Å². The molecule has 0 atom stereocenters. The van der Waals surface area contributed by atoms with Crippen LogP contribution in [0.15, 0.2) is 59.5 Å². The van der Waals surface area contributed by atoms with Crippen LogP contribution in [0.2, 0.25) is 0 Å². The van der Waals surface area contributed by atoms with Gasteiger partial charge in [-0.3, -0.25) is 4.72 Å². The lowest BCUT2D eigenvalue weighted by atomic mass is 10.0. The van der Waals surface area contributed by atoms with Crippen LogP contribution in [0.25, 0.3) is 10.8 Å². The predicted molar refractivity (Wildman–Crippen MR) is 95.2 cm³/mol. The van der Waals surface area contributed by atoms with E-state index < -0.39 is 10.0 Å². The number of ether oxygens (including phenoxy) is 1. The van der Waals surface area contributed by atoms with Crippen LogP contribution >= 0.6 is 0 Å². The summed E-state index contributed by atoms with van der Waals surface area (Å²) < 4.78 is 33.6. The molecule has 5 heteroatoms. The molecule has 0 spiro atoms. The third kappa shape index (κ3) is 2.32. The summed E-state index contributed by atoms with van der Waals surface area (Å²) in [5.74, 6) is 0.330. The van der Waals surface area contributed by atoms with E-state index in [0.717, 1.165) is 18.2 Å². The maximum Gasteiger partial charge on any atom is 0.265 e. The highest BCUT2D eigenvalue weighted by Crippen LogP contribution is 2.36. The first-order valence-corrected chi connectivity index (χ1v) is 9.28. The van der Waals surface area contributed by atoms with Crippen LogP contribution in [-0.4, -0.2) is 15.5 Å². The van der Waals surface area contributed by atoms with Crippen LogP contribution in [0.4, 0.5) is 5.69 Å². The van der Waals surface area contributed by atoms with E-state index in [1.807, 2.05) is 24.3 Å². The van der Waals surface area contributed by atoms with Gasteiger partial charge < -0.3 is 4.74 Å². The Hall–Kier alpha value is -2.53. The molecule has 0 aromatic heterocycles. The first-order chi connectivity index (χ1) is 11.6. The van der Waals surface area contributed by atoms with E-state index in [9.17, 15) is 8.42 Å². The second kappa shape index (κ2) is 5.53. The van der Waals surface area contributed by atoms with Crippen LogP contribution in [0.1, 0.15) is 11.1 Å². The van der Waals surface area contributed by atoms with Crippen molar-refractivity contribution in [1.82, 2.24) is 0 Å². The molecule has 0 radical (unpaired) electrons. The number of benzene rings is 3. The molecule has 1 aliphatic rings. The highest BCUT2D eigenvalue weighted by Gasteiger charge is 2.22. The molecule has 1 aliphatic carbocycles. The van der Waals surface area contributed by atoms with Gasteiger partial charge in [-0.05, 0) is 47.6 Å². The van der Waals surface area contributed by atoms with E-state index in [2.05, 4.69) is 10.8 Å². The Morgan fingerprint density at radius 3 is 2.46 bits per heavy atom. The minimum atomic E-state index is -3.73. The van der Waals surface area contributed by atoms with Gasteiger partial charge in [-0.25, -0.2) is 8.42 Å². The number of anilines is 1. The van der Waals surface area contributed by atoms with E-state index in [1.54, 1.807) is 24.3 Å². The molecule has 0 fully saturated rings. The minimum Gasteiger partial charge on any atom is -0.495 e. The molecular formula is C19H17NO3S. The molecule has 0 heterocycles. The summed E-state index contributed by atoms with van der Waals surface area (Å²) >= 11 is 0. The van der Waals surface area contributed by atoms with Crippen LogP contribution in [0.5, 0.6) is 5.75 Å². The monoisotopic (exact) mass is 339 g/mol. The number of methoxy groups -OCH3 is 1. The summed E-state index contributed by atoms with van der Waals surface area (Å²) in [6, 6.07) is 16.5. The van der Waals surface area contributed by atoms with Crippen LogP contribution in [0, 0.1) is 0 Å². The van der Waals surface area contributed by atoms with Gasteiger partial charge in [0.2, 0.25) is 0 Å². The van der Waals surface area contributed by atoms with Gasteiger partial charge in [0.25, 0.3) is 10.0 Å². The number of sulfonamides is 1. The second-order valence-electron chi connectivity index (χ2n) is 5.87. The highest BCUT2D eigenvalue weighted by molar-refractivity contribution is 7.92. The van der Waals surface area contributed by atoms with Crippen molar-refractivity contribution in [2.45, 2.75) is 17.7 Å². The summed E-state index contributed by atoms with van der Waals surface area (Å²) in [5, 5.41) is 2.12. The van der Waals surface area contributed by atoms with Gasteiger partial charge in [-0.1, -0.05) is 36.4 Å². The maximum atomic E-state index is 12.8. The summed E-state index contributed by atoms with van der Waals surface area (Å²) in [6.45, 7) is 0. The molecule has 24 heavy (non-hydrogen) atoms. The largest absolute Gasteiger partial charge is 0.495 e. The van der Waals surface area contributed by atoms with Crippen molar-refractivity contribution < 1.29 is 13.2 Å². The lowest BCUT2D eigenvalue weighted by Gasteiger charge is -2.14. The fraction of sp³-hybridized carbons (Fsp3) is 0.158. The molecule has 3 aromatic rings. The number of aryl methyl sites for hydroxylation is 2. The fourth-order valence-electron chi connectivity index (χ4n) is 3.38. The Balaban J connectivity index is 1.83. The van der Waals surface area contributed by atoms with E-state index in [0.29, 0.717) is 11.4 Å². The summed E-state index contributed by atoms with van der Waals surface area (Å²) in [4.78, 5) is 0.135. The summed E-state index contributed by atoms with van der Waals surface area (Å²) in [6.07, 6.45) is 2.02. The van der Waals surface area contributed by atoms with Gasteiger partial charge in [0.1, 0.15) is 10.6 Å². The van der Waals surface area contributed by atoms with Gasteiger partial charge in [-0.2, -0.15) is 0 Å². The Kier molecular flexibility index (Phi) is 3.46. The summed E-state index contributed by atoms with van der Waals surface area (Å²) in [7, 11) is -2.26. The molecule has 0 saturated carbocycles. The van der Waals surface area contributed by atoms with Crippen molar-refractivity contribution in [3.63, 3.8) is 0 Å². The lowest BCUT2D eigenvalue weighted by molar-refractivity contribution is 0.403. The van der Waals surface area contributed by atoms with Crippen LogP contribution in [0.3, 0.4) is 0 Å². The predicted octanol–water partition coefficient (Wildman–Crippen LogP) is 3.75. The number of hydrogen-bond acceptors (Lipinski definition) is 3. The maximum absolute atomic E-state index is 12.8. The molecule has 122 valence electrons. The molecular weight excluding hydrogens is 322 g/mol. The Morgan fingerprint density at radius 2 is 1.67 bits per heavy atom. The molecule has 0 amide bonds. The van der Waals surface area contributed by atoms with Gasteiger partial charge >= 0.3 is 0 Å². The zero-order valence-electron chi connectivity index (χ0n) is 13.2. The van der Waals surface area contributed by atoms with Crippen LogP contribution in [-0.2, 0) is 22.9 Å². The number of rotatable bonds is 4. The van der Waals surface area contributed by atoms with Crippen molar-refractivity contribution in [3.8, 4) is 5.75 Å². The van der Waals surface area contributed by atoms with Gasteiger partial charge in [-0.15, -0.1) is 0 Å². The number of hydrogen-bond donors (Lipinski definition) is 1. The third-order valence-corrected chi connectivity index (χ3v) is 5.88. The molecule has 0 saturated heterocycles. The minimum absolute atomic E-state index is 0.135. The first kappa shape index (κ1) is 15.0. The van der Waals surface area contributed by atoms with E-state index in [1.165, 1.54) is 23.6 Å². The quantitative estimate of drug-likeness (QED) is 0.788. The van der Waals surface area contributed by atoms with Crippen molar-refractivity contribution >= 4 is 26.5 Å². The normalized spacial score (nSPS) is 13.2. The average Bonchev–Trinajstić information content (AvgIpc) is 3.02. The smallest absolute Gasteiger partial charge is 0.265 e. The zero-order chi connectivity index (χ0) is 16.7. The summed E-state index contributed by atoms with van der Waals surface area (Å²) in [5.41, 5.74) is 3.16. The Labute approximate surface area is 141 Å². The zero-order valence-corrected chi connectivity index (χ0v) is 14.1. The molecule has 1 N–H and O–H groups in total. The highest BCUT2D eigenvalue weighted by atomic mass is 32.2. The second-order valence-corrected chi connectivity index (χ2v) is 7.52. The SMILES string of the molecule is COc1ccccc1S(=O)(=O)Nc1ccc2c3c(cccc13)CC2. The molecule has 4 rings (SSSR count). The topological polar surface area (TPSA) is 55.4 Å². The van der Waals surface area contributed by atoms with Crippen LogP contribution < -0.4 is 9.46 Å². The van der Waals surface area contributed by atoms with Crippen molar-refractivity contribution in [2.24, 2.45) is 0 Å². The molecule has 0 unspecified atom stereocenters. The number of nitrogens with one attached hydrogen (secondary N) is 1. The van der Waals surface area contributed by atoms with Gasteiger partial charge in [0, 0.05) is 5.39 Å². The van der Waals surface area contributed by atoms with E-state index >= 15 is 0 Å². The van der Waals surface area contributed by atoms with Crippen molar-refractivity contribution in [1.29, 1.82) is 0 Å². The molecule has 0 bridgehead atoms. The van der Waals surface area contributed by atoms with Crippen molar-refractivity contribution in [2.75, 3.05) is 11.8 Å². The lowest BCUT2D eigenvalue weighted by Crippen LogP contribution is -2.14. The number of para-hydroxylation sites is 1. The molecule has 4 nitrogen and oxygen atoms in total. The average molecular weight is 339 g/mol. The molecule has 0 aliphatic heterocycles. The van der Waals surface area contributed by atoms with Gasteiger partial charge in [0.05, 0.1) is 12.8 Å². The Bertz CT molecular complexity index is 1030. The van der Waals surface area contributed by atoms with Crippen molar-refractivity contribution in [3.05, 3.63) is 65.7 Å².